The van der Waals surface area contributed by atoms with Crippen LogP contribution in [-0.2, 0) is 11.3 Å². The van der Waals surface area contributed by atoms with Gasteiger partial charge >= 0.3 is 0 Å². The van der Waals surface area contributed by atoms with Crippen LogP contribution in [0.3, 0.4) is 0 Å². The molecule has 0 unspecified atom stereocenters. The van der Waals surface area contributed by atoms with Crippen LogP contribution in [0.15, 0.2) is 48.7 Å². The van der Waals surface area contributed by atoms with Gasteiger partial charge in [0.05, 0.1) is 8.07 Å². The van der Waals surface area contributed by atoms with Crippen molar-refractivity contribution in [2.24, 2.45) is 0 Å². The fourth-order valence-electron chi connectivity index (χ4n) is 5.01. The van der Waals surface area contributed by atoms with Crippen LogP contribution in [0.1, 0.15) is 32.6 Å². The number of amides is 2. The Labute approximate surface area is 243 Å². The fraction of sp³-hybridized carbons (Fsp3) is 0.344. The standard InChI is InChI=1S/C32H37N5O3Si/c1-22-6-8-25(17-24(22)9-7-23-16-28-31(33-19-23)35-30(38)21-40-28)32(39)34-27-11-10-26(29(18-27)41(3,4)5)20-37-14-12-36(2)13-15-37/h6,8,10-11,16-19H,12-15,20-21H2,1-5H3,(H,34,39)(H,33,35,38). The van der Waals surface area contributed by atoms with E-state index in [2.05, 4.69) is 76.1 Å². The monoisotopic (exact) mass is 567 g/mol. The van der Waals surface area contributed by atoms with E-state index in [1.807, 2.05) is 31.2 Å². The predicted molar refractivity (Wildman–Crippen MR) is 166 cm³/mol. The molecule has 41 heavy (non-hydrogen) atoms. The van der Waals surface area contributed by atoms with Crippen LogP contribution in [0.2, 0.25) is 19.6 Å². The Balaban J connectivity index is 1.32. The molecule has 1 aromatic heterocycles. The van der Waals surface area contributed by atoms with E-state index < -0.39 is 8.07 Å². The quantitative estimate of drug-likeness (QED) is 0.362. The summed E-state index contributed by atoms with van der Waals surface area (Å²) in [5, 5.41) is 7.18. The van der Waals surface area contributed by atoms with Crippen molar-refractivity contribution in [1.82, 2.24) is 14.8 Å². The Bertz CT molecular complexity index is 1550. The van der Waals surface area contributed by atoms with Gasteiger partial charge in [0, 0.05) is 67.4 Å². The average Bonchev–Trinajstić information content (AvgIpc) is 2.94. The Morgan fingerprint density at radius 2 is 1.85 bits per heavy atom. The third-order valence-corrected chi connectivity index (χ3v) is 9.56. The number of nitrogens with one attached hydrogen (secondary N) is 2. The number of pyridine rings is 1. The lowest BCUT2D eigenvalue weighted by atomic mass is 10.0. The number of piperazine rings is 1. The summed E-state index contributed by atoms with van der Waals surface area (Å²) in [5.74, 6) is 6.77. The van der Waals surface area contributed by atoms with Gasteiger partial charge in [-0.2, -0.15) is 0 Å². The first kappa shape index (κ1) is 28.6. The first-order valence-corrected chi connectivity index (χ1v) is 17.5. The Hall–Kier alpha value is -3.97. The minimum atomic E-state index is -1.65. The van der Waals surface area contributed by atoms with Crippen molar-refractivity contribution < 1.29 is 14.3 Å². The molecule has 0 bridgehead atoms. The summed E-state index contributed by atoms with van der Waals surface area (Å²) in [6, 6.07) is 13.7. The maximum absolute atomic E-state index is 13.3. The molecule has 5 rings (SSSR count). The molecule has 0 radical (unpaired) electrons. The lowest BCUT2D eigenvalue weighted by Crippen LogP contribution is -2.46. The van der Waals surface area contributed by atoms with Crippen molar-refractivity contribution >= 4 is 36.6 Å². The molecule has 0 saturated carbocycles. The summed E-state index contributed by atoms with van der Waals surface area (Å²) in [5.41, 5.74) is 5.11. The van der Waals surface area contributed by atoms with E-state index in [-0.39, 0.29) is 18.4 Å². The molecule has 8 nitrogen and oxygen atoms in total. The minimum absolute atomic E-state index is 0.0414. The van der Waals surface area contributed by atoms with Gasteiger partial charge in [0.25, 0.3) is 11.8 Å². The smallest absolute Gasteiger partial charge is 0.263 e. The van der Waals surface area contributed by atoms with Gasteiger partial charge in [-0.3, -0.25) is 14.5 Å². The lowest BCUT2D eigenvalue weighted by Gasteiger charge is -2.33. The number of hydrogen-bond acceptors (Lipinski definition) is 6. The van der Waals surface area contributed by atoms with Crippen LogP contribution in [-0.4, -0.2) is 74.5 Å². The first-order valence-electron chi connectivity index (χ1n) is 14.0. The van der Waals surface area contributed by atoms with Crippen LogP contribution in [0.4, 0.5) is 11.5 Å². The van der Waals surface area contributed by atoms with Gasteiger partial charge in [-0.15, -0.1) is 0 Å². The number of aryl methyl sites for hydroxylation is 1. The van der Waals surface area contributed by atoms with Crippen LogP contribution in [0.5, 0.6) is 5.75 Å². The fourth-order valence-corrected chi connectivity index (χ4v) is 6.72. The molecule has 2 N–H and O–H groups in total. The van der Waals surface area contributed by atoms with E-state index >= 15 is 0 Å². The van der Waals surface area contributed by atoms with Crippen molar-refractivity contribution in [1.29, 1.82) is 0 Å². The number of carbonyl (C=O) groups excluding carboxylic acids is 2. The van der Waals surface area contributed by atoms with E-state index in [0.29, 0.717) is 22.7 Å². The van der Waals surface area contributed by atoms with Crippen molar-refractivity contribution in [3.63, 3.8) is 0 Å². The number of ether oxygens (including phenoxy) is 1. The molecule has 3 heterocycles. The summed E-state index contributed by atoms with van der Waals surface area (Å²) in [4.78, 5) is 33.9. The second kappa shape index (κ2) is 11.9. The van der Waals surface area contributed by atoms with Gasteiger partial charge in [0.2, 0.25) is 0 Å². The van der Waals surface area contributed by atoms with E-state index in [0.717, 1.165) is 49.5 Å². The zero-order chi connectivity index (χ0) is 29.1. The average molecular weight is 568 g/mol. The van der Waals surface area contributed by atoms with E-state index in [1.165, 1.54) is 10.8 Å². The third kappa shape index (κ3) is 7.03. The number of likely N-dealkylation sites (N-methyl/N-ethyl adjacent to an activating group) is 1. The molecule has 9 heteroatoms. The topological polar surface area (TPSA) is 86.8 Å². The first-order chi connectivity index (χ1) is 19.5. The molecule has 0 atom stereocenters. The molecule has 1 fully saturated rings. The molecule has 2 aromatic carbocycles. The van der Waals surface area contributed by atoms with Gasteiger partial charge in [0.15, 0.2) is 18.2 Å². The molecule has 0 spiro atoms. The second-order valence-electron chi connectivity index (χ2n) is 11.8. The molecular weight excluding hydrogens is 530 g/mol. The Kier molecular flexibility index (Phi) is 8.26. The molecule has 2 aliphatic heterocycles. The van der Waals surface area contributed by atoms with E-state index in [9.17, 15) is 9.59 Å². The molecule has 2 aliphatic rings. The van der Waals surface area contributed by atoms with Gasteiger partial charge in [-0.05, 0) is 49.4 Å². The number of nitrogens with zero attached hydrogens (tertiary/aromatic N) is 3. The molecule has 3 aromatic rings. The summed E-state index contributed by atoms with van der Waals surface area (Å²) in [6.07, 6.45) is 1.59. The highest BCUT2D eigenvalue weighted by molar-refractivity contribution is 6.89. The lowest BCUT2D eigenvalue weighted by molar-refractivity contribution is -0.118. The number of benzene rings is 2. The van der Waals surface area contributed by atoms with Crippen LogP contribution in [0.25, 0.3) is 0 Å². The van der Waals surface area contributed by atoms with Crippen LogP contribution >= 0.6 is 0 Å². The van der Waals surface area contributed by atoms with Gasteiger partial charge in [-0.1, -0.05) is 48.8 Å². The number of carbonyl (C=O) groups is 2. The van der Waals surface area contributed by atoms with Gasteiger partial charge in [0.1, 0.15) is 0 Å². The van der Waals surface area contributed by atoms with E-state index in [1.54, 1.807) is 12.3 Å². The summed E-state index contributed by atoms with van der Waals surface area (Å²) in [7, 11) is 0.526. The number of anilines is 2. The van der Waals surface area contributed by atoms with E-state index in [4.69, 9.17) is 4.74 Å². The van der Waals surface area contributed by atoms with Crippen molar-refractivity contribution in [2.75, 3.05) is 50.5 Å². The second-order valence-corrected chi connectivity index (χ2v) is 16.9. The SMILES string of the molecule is Cc1ccc(C(=O)Nc2ccc(CN3CCN(C)CC3)c([Si](C)(C)C)c2)cc1C#Cc1cnc2c(c1)OCC(=O)N2. The number of rotatable bonds is 5. The number of hydrogen-bond donors (Lipinski definition) is 2. The molecule has 2 amide bonds. The maximum Gasteiger partial charge on any atom is 0.263 e. The normalized spacial score (nSPS) is 15.7. The molecule has 0 aliphatic carbocycles. The van der Waals surface area contributed by atoms with Crippen LogP contribution < -0.4 is 20.6 Å². The van der Waals surface area contributed by atoms with Crippen molar-refractivity contribution in [3.05, 3.63) is 76.5 Å². The van der Waals surface area contributed by atoms with Gasteiger partial charge < -0.3 is 20.3 Å². The van der Waals surface area contributed by atoms with Crippen molar-refractivity contribution in [2.45, 2.75) is 33.1 Å². The Morgan fingerprint density at radius 3 is 2.61 bits per heavy atom. The maximum atomic E-state index is 13.3. The zero-order valence-electron chi connectivity index (χ0n) is 24.4. The summed E-state index contributed by atoms with van der Waals surface area (Å²) < 4.78 is 5.44. The summed E-state index contributed by atoms with van der Waals surface area (Å²) >= 11 is 0. The van der Waals surface area contributed by atoms with Crippen LogP contribution in [0, 0.1) is 18.8 Å². The number of aromatic nitrogens is 1. The molecular formula is C32H37N5O3Si. The molecule has 1 saturated heterocycles. The predicted octanol–water partition coefficient (Wildman–Crippen LogP) is 3.67. The Morgan fingerprint density at radius 1 is 1.07 bits per heavy atom. The number of fused-ring (bicyclic) bond motifs is 1. The zero-order valence-corrected chi connectivity index (χ0v) is 25.4. The third-order valence-electron chi connectivity index (χ3n) is 7.48. The highest BCUT2D eigenvalue weighted by Crippen LogP contribution is 2.25. The largest absolute Gasteiger partial charge is 0.480 e. The van der Waals surface area contributed by atoms with Gasteiger partial charge in [-0.25, -0.2) is 4.98 Å². The van der Waals surface area contributed by atoms with Crippen molar-refractivity contribution in [3.8, 4) is 17.6 Å². The molecule has 212 valence electrons. The minimum Gasteiger partial charge on any atom is -0.480 e. The highest BCUT2D eigenvalue weighted by atomic mass is 28.3. The summed E-state index contributed by atoms with van der Waals surface area (Å²) in [6.45, 7) is 14.3. The highest BCUT2D eigenvalue weighted by Gasteiger charge is 2.23.